The maximum atomic E-state index is 11.6. The summed E-state index contributed by atoms with van der Waals surface area (Å²) in [4.78, 5) is 9.79. The second-order valence-electron chi connectivity index (χ2n) is 8.34. The monoisotopic (exact) mass is 498 g/mol. The Labute approximate surface area is 176 Å². The molecule has 3 aliphatic heterocycles. The Bertz CT molecular complexity index is 576. The topological polar surface area (TPSA) is 65.0 Å². The lowest BCUT2D eigenvalue weighted by molar-refractivity contribution is 0.281. The van der Waals surface area contributed by atoms with Crippen LogP contribution in [-0.4, -0.2) is 81.0 Å². The second kappa shape index (κ2) is 9.91. The van der Waals surface area contributed by atoms with Gasteiger partial charge in [-0.15, -0.1) is 24.0 Å². The highest BCUT2D eigenvalue weighted by atomic mass is 127. The quantitative estimate of drug-likeness (QED) is 0.356. The number of nitrogens with zero attached hydrogens (tertiary/aromatic N) is 3. The molecule has 2 atom stereocenters. The van der Waals surface area contributed by atoms with E-state index in [2.05, 4.69) is 29.0 Å². The zero-order valence-electron chi connectivity index (χ0n) is 16.2. The Morgan fingerprint density at radius 2 is 1.88 bits per heavy atom. The molecule has 8 heteroatoms. The van der Waals surface area contributed by atoms with E-state index in [1.54, 1.807) is 0 Å². The van der Waals surface area contributed by atoms with Gasteiger partial charge in [-0.1, -0.05) is 0 Å². The van der Waals surface area contributed by atoms with Crippen molar-refractivity contribution < 1.29 is 8.42 Å². The van der Waals surface area contributed by atoms with Crippen molar-refractivity contribution in [1.29, 1.82) is 0 Å². The summed E-state index contributed by atoms with van der Waals surface area (Å²) in [5, 5.41) is 3.49. The van der Waals surface area contributed by atoms with Crippen molar-refractivity contribution in [3.05, 3.63) is 0 Å². The van der Waals surface area contributed by atoms with Gasteiger partial charge in [0, 0.05) is 32.2 Å². The first-order valence-electron chi connectivity index (χ1n) is 9.90. The highest BCUT2D eigenvalue weighted by molar-refractivity contribution is 14.0. The van der Waals surface area contributed by atoms with E-state index in [0.29, 0.717) is 24.1 Å². The van der Waals surface area contributed by atoms with E-state index in [9.17, 15) is 8.42 Å². The third-order valence-corrected chi connectivity index (χ3v) is 7.38. The number of aliphatic imine (C=N–C) groups is 1. The van der Waals surface area contributed by atoms with Crippen LogP contribution in [0.2, 0.25) is 0 Å². The van der Waals surface area contributed by atoms with Crippen molar-refractivity contribution in [3.8, 4) is 0 Å². The lowest BCUT2D eigenvalue weighted by atomic mass is 10.1. The summed E-state index contributed by atoms with van der Waals surface area (Å²) < 4.78 is 23.3. The average Bonchev–Trinajstić information content (AvgIpc) is 3.26. The molecule has 152 valence electrons. The van der Waals surface area contributed by atoms with Gasteiger partial charge >= 0.3 is 0 Å². The smallest absolute Gasteiger partial charge is 0.194 e. The molecule has 3 aliphatic rings. The average molecular weight is 498 g/mol. The van der Waals surface area contributed by atoms with E-state index >= 15 is 0 Å². The van der Waals surface area contributed by atoms with E-state index in [0.717, 1.165) is 31.4 Å². The van der Waals surface area contributed by atoms with Gasteiger partial charge in [-0.3, -0.25) is 4.99 Å². The van der Waals surface area contributed by atoms with E-state index in [-0.39, 0.29) is 29.9 Å². The molecule has 0 aromatic carbocycles. The van der Waals surface area contributed by atoms with E-state index in [4.69, 9.17) is 4.99 Å². The van der Waals surface area contributed by atoms with Crippen molar-refractivity contribution in [2.45, 2.75) is 45.6 Å². The Balaban J connectivity index is 0.00000243. The number of hydrogen-bond acceptors (Lipinski definition) is 4. The fourth-order valence-electron chi connectivity index (χ4n) is 4.23. The van der Waals surface area contributed by atoms with Crippen molar-refractivity contribution >= 4 is 39.8 Å². The van der Waals surface area contributed by atoms with Crippen molar-refractivity contribution in [1.82, 2.24) is 15.1 Å². The summed E-state index contributed by atoms with van der Waals surface area (Å²) in [5.41, 5.74) is 0. The first kappa shape index (κ1) is 22.2. The highest BCUT2D eigenvalue weighted by Gasteiger charge is 2.30. The Morgan fingerprint density at radius 3 is 2.50 bits per heavy atom. The fourth-order valence-corrected chi connectivity index (χ4v) is 6.08. The van der Waals surface area contributed by atoms with Crippen LogP contribution in [-0.2, 0) is 9.84 Å². The minimum absolute atomic E-state index is 0. The first-order valence-corrected chi connectivity index (χ1v) is 11.7. The van der Waals surface area contributed by atoms with Crippen molar-refractivity contribution in [2.75, 3.05) is 50.8 Å². The summed E-state index contributed by atoms with van der Waals surface area (Å²) in [6, 6.07) is 0.337. The van der Waals surface area contributed by atoms with Crippen LogP contribution in [0.3, 0.4) is 0 Å². The lowest BCUT2D eigenvalue weighted by Crippen LogP contribution is -2.44. The molecule has 3 fully saturated rings. The zero-order chi connectivity index (χ0) is 17.9. The lowest BCUT2D eigenvalue weighted by Gasteiger charge is -2.25. The van der Waals surface area contributed by atoms with Gasteiger partial charge in [-0.05, 0) is 64.5 Å². The number of hydrogen-bond donors (Lipinski definition) is 1. The van der Waals surface area contributed by atoms with Gasteiger partial charge in [-0.25, -0.2) is 8.42 Å². The SMILES string of the molecule is CC(C)NC(=NCC1CCS(=O)(=O)C1)N1CCC(CN2CCCC2)C1.I. The second-order valence-corrected chi connectivity index (χ2v) is 10.6. The molecule has 1 N–H and O–H groups in total. The number of nitrogens with one attached hydrogen (secondary N) is 1. The summed E-state index contributed by atoms with van der Waals surface area (Å²) in [6.07, 6.45) is 4.69. The Hall–Kier alpha value is -0.0900. The van der Waals surface area contributed by atoms with Crippen LogP contribution in [0, 0.1) is 11.8 Å². The largest absolute Gasteiger partial charge is 0.354 e. The number of sulfone groups is 1. The molecular weight excluding hydrogens is 463 g/mol. The molecule has 6 nitrogen and oxygen atoms in total. The molecule has 0 spiro atoms. The van der Waals surface area contributed by atoms with Gasteiger partial charge in [0.2, 0.25) is 0 Å². The van der Waals surface area contributed by atoms with Crippen LogP contribution in [0.25, 0.3) is 0 Å². The van der Waals surface area contributed by atoms with Gasteiger partial charge < -0.3 is 15.1 Å². The summed E-state index contributed by atoms with van der Waals surface area (Å²) >= 11 is 0. The van der Waals surface area contributed by atoms with Crippen LogP contribution in [0.1, 0.15) is 39.5 Å². The van der Waals surface area contributed by atoms with E-state index < -0.39 is 9.84 Å². The Morgan fingerprint density at radius 1 is 1.15 bits per heavy atom. The molecule has 3 saturated heterocycles. The van der Waals surface area contributed by atoms with Gasteiger partial charge in [0.05, 0.1) is 11.5 Å². The number of likely N-dealkylation sites (tertiary alicyclic amines) is 2. The third kappa shape index (κ3) is 6.51. The predicted molar refractivity (Wildman–Crippen MR) is 118 cm³/mol. The van der Waals surface area contributed by atoms with E-state index in [1.165, 1.54) is 38.9 Å². The van der Waals surface area contributed by atoms with Gasteiger partial charge in [0.15, 0.2) is 15.8 Å². The van der Waals surface area contributed by atoms with Gasteiger partial charge in [0.1, 0.15) is 0 Å². The molecule has 2 unspecified atom stereocenters. The Kier molecular flexibility index (Phi) is 8.46. The van der Waals surface area contributed by atoms with Crippen LogP contribution < -0.4 is 5.32 Å². The minimum Gasteiger partial charge on any atom is -0.354 e. The van der Waals surface area contributed by atoms with Crippen LogP contribution in [0.5, 0.6) is 0 Å². The molecule has 0 aromatic rings. The normalized spacial score (nSPS) is 29.3. The molecule has 0 aromatic heterocycles. The highest BCUT2D eigenvalue weighted by Crippen LogP contribution is 2.21. The third-order valence-electron chi connectivity index (χ3n) is 5.54. The maximum absolute atomic E-state index is 11.6. The van der Waals surface area contributed by atoms with Crippen LogP contribution >= 0.6 is 24.0 Å². The van der Waals surface area contributed by atoms with Crippen molar-refractivity contribution in [3.63, 3.8) is 0 Å². The minimum atomic E-state index is -2.82. The molecule has 0 aliphatic carbocycles. The molecule has 0 bridgehead atoms. The molecule has 26 heavy (non-hydrogen) atoms. The summed E-state index contributed by atoms with van der Waals surface area (Å²) in [7, 11) is -2.82. The standard InChI is InChI=1S/C18H34N4O2S.HI/c1-15(2)20-18(19-11-16-6-10-25(23,24)14-16)22-9-5-17(13-22)12-21-7-3-4-8-21;/h15-17H,3-14H2,1-2H3,(H,19,20);1H. The van der Waals surface area contributed by atoms with E-state index in [1.807, 2.05) is 0 Å². The van der Waals surface area contributed by atoms with Gasteiger partial charge in [-0.2, -0.15) is 0 Å². The first-order chi connectivity index (χ1) is 11.9. The van der Waals surface area contributed by atoms with Crippen molar-refractivity contribution in [2.24, 2.45) is 16.8 Å². The molecule has 0 radical (unpaired) electrons. The number of halogens is 1. The molecule has 0 amide bonds. The molecule has 3 rings (SSSR count). The summed E-state index contributed by atoms with van der Waals surface area (Å²) in [5.74, 6) is 2.54. The van der Waals surface area contributed by atoms with Gasteiger partial charge in [0.25, 0.3) is 0 Å². The number of guanidine groups is 1. The molecular formula is C18H35IN4O2S. The van der Waals surface area contributed by atoms with Crippen LogP contribution in [0.15, 0.2) is 4.99 Å². The zero-order valence-corrected chi connectivity index (χ0v) is 19.3. The van der Waals surface area contributed by atoms with Crippen LogP contribution in [0.4, 0.5) is 0 Å². The molecule has 3 heterocycles. The maximum Gasteiger partial charge on any atom is 0.194 e. The predicted octanol–water partition coefficient (Wildman–Crippen LogP) is 1.81. The number of rotatable bonds is 5. The molecule has 0 saturated carbocycles. The summed E-state index contributed by atoms with van der Waals surface area (Å²) in [6.45, 7) is 10.8. The fraction of sp³-hybridized carbons (Fsp3) is 0.944.